The van der Waals surface area contributed by atoms with E-state index >= 15 is 0 Å². The molecule has 7 heteroatoms. The fraction of sp³-hybridized carbons (Fsp3) is 1.00. The van der Waals surface area contributed by atoms with Gasteiger partial charge >= 0.3 is 0 Å². The fourth-order valence-electron chi connectivity index (χ4n) is 1.97. The molecule has 2 heterocycles. The zero-order valence-electron chi connectivity index (χ0n) is 8.61. The second kappa shape index (κ2) is 5.45. The predicted octanol–water partition coefficient (Wildman–Crippen LogP) is -0.300. The molecule has 2 aliphatic rings. The second-order valence-corrected chi connectivity index (χ2v) is 5.62. The van der Waals surface area contributed by atoms with Crippen LogP contribution in [0, 0.1) is 0 Å². The number of hydrogen-bond donors (Lipinski definition) is 2. The van der Waals surface area contributed by atoms with Crippen molar-refractivity contribution in [3.63, 3.8) is 0 Å². The van der Waals surface area contributed by atoms with Crippen LogP contribution in [0.15, 0.2) is 0 Å². The molecule has 1 atom stereocenters. The van der Waals surface area contributed by atoms with E-state index in [2.05, 4.69) is 10.0 Å². The van der Waals surface area contributed by atoms with E-state index < -0.39 is 10.2 Å². The summed E-state index contributed by atoms with van der Waals surface area (Å²) in [5.74, 6) is 0. The summed E-state index contributed by atoms with van der Waals surface area (Å²) in [4.78, 5) is 0. The van der Waals surface area contributed by atoms with Gasteiger partial charge in [0.15, 0.2) is 0 Å². The van der Waals surface area contributed by atoms with E-state index in [9.17, 15) is 8.42 Å². The first-order valence-corrected chi connectivity index (χ1v) is 6.60. The van der Waals surface area contributed by atoms with Gasteiger partial charge in [-0.15, -0.1) is 12.4 Å². The molecule has 2 aliphatic heterocycles. The maximum Gasteiger partial charge on any atom is 0.279 e. The Morgan fingerprint density at radius 2 is 1.93 bits per heavy atom. The van der Waals surface area contributed by atoms with Crippen molar-refractivity contribution in [3.8, 4) is 0 Å². The molecule has 2 fully saturated rings. The molecular weight excluding hydrogens is 238 g/mol. The van der Waals surface area contributed by atoms with Crippen molar-refractivity contribution in [2.45, 2.75) is 25.3 Å². The van der Waals surface area contributed by atoms with E-state index in [0.29, 0.717) is 13.1 Å². The van der Waals surface area contributed by atoms with Gasteiger partial charge in [-0.25, -0.2) is 0 Å². The highest BCUT2D eigenvalue weighted by atomic mass is 35.5. The van der Waals surface area contributed by atoms with E-state index in [-0.39, 0.29) is 18.4 Å². The van der Waals surface area contributed by atoms with Gasteiger partial charge in [0, 0.05) is 25.7 Å². The second-order valence-electron chi connectivity index (χ2n) is 3.92. The first-order valence-electron chi connectivity index (χ1n) is 5.16. The Morgan fingerprint density at radius 1 is 1.27 bits per heavy atom. The number of nitrogens with one attached hydrogen (secondary N) is 2. The largest absolute Gasteiger partial charge is 0.315 e. The SMILES string of the molecule is Cl.O=S(=O)(NC1CCNC1)N1CCCC1. The lowest BCUT2D eigenvalue weighted by Gasteiger charge is -2.19. The summed E-state index contributed by atoms with van der Waals surface area (Å²) in [5.41, 5.74) is 0. The third-order valence-corrected chi connectivity index (χ3v) is 4.46. The van der Waals surface area contributed by atoms with E-state index in [1.54, 1.807) is 4.31 Å². The van der Waals surface area contributed by atoms with Gasteiger partial charge in [0.25, 0.3) is 10.2 Å². The van der Waals surface area contributed by atoms with Crippen LogP contribution in [0.1, 0.15) is 19.3 Å². The first kappa shape index (κ1) is 13.2. The smallest absolute Gasteiger partial charge is 0.279 e. The van der Waals surface area contributed by atoms with Crippen LogP contribution in [0.3, 0.4) is 0 Å². The van der Waals surface area contributed by atoms with Crippen molar-refractivity contribution in [1.29, 1.82) is 0 Å². The molecule has 0 bridgehead atoms. The van der Waals surface area contributed by atoms with E-state index in [0.717, 1.165) is 32.4 Å². The molecule has 2 saturated heterocycles. The van der Waals surface area contributed by atoms with Gasteiger partial charge in [0.05, 0.1) is 0 Å². The Hall–Kier alpha value is 0.120. The average Bonchev–Trinajstić information content (AvgIpc) is 2.71. The van der Waals surface area contributed by atoms with Crippen LogP contribution in [-0.4, -0.2) is 44.9 Å². The fourth-order valence-corrected chi connectivity index (χ4v) is 3.48. The van der Waals surface area contributed by atoms with Crippen LogP contribution < -0.4 is 10.0 Å². The standard InChI is InChI=1S/C8H17N3O2S.ClH/c12-14(13,11-5-1-2-6-11)10-8-3-4-9-7-8;/h8-10H,1-7H2;1H. The van der Waals surface area contributed by atoms with Crippen LogP contribution >= 0.6 is 12.4 Å². The average molecular weight is 256 g/mol. The summed E-state index contributed by atoms with van der Waals surface area (Å²) in [5, 5.41) is 3.14. The molecule has 1 unspecified atom stereocenters. The Kier molecular flexibility index (Phi) is 4.79. The van der Waals surface area contributed by atoms with Gasteiger partial charge in [-0.2, -0.15) is 17.4 Å². The Labute approximate surface area is 97.2 Å². The maximum atomic E-state index is 11.8. The van der Waals surface area contributed by atoms with E-state index in [1.807, 2.05) is 0 Å². The molecule has 5 nitrogen and oxygen atoms in total. The zero-order chi connectivity index (χ0) is 10.0. The Balaban J connectivity index is 0.00000112. The van der Waals surface area contributed by atoms with Crippen molar-refractivity contribution in [3.05, 3.63) is 0 Å². The molecule has 0 aromatic rings. The number of rotatable bonds is 3. The van der Waals surface area contributed by atoms with Crippen LogP contribution in [0.2, 0.25) is 0 Å². The van der Waals surface area contributed by atoms with Crippen LogP contribution in [-0.2, 0) is 10.2 Å². The molecule has 2 rings (SSSR count). The topological polar surface area (TPSA) is 61.4 Å². The lowest BCUT2D eigenvalue weighted by Crippen LogP contribution is -2.44. The van der Waals surface area contributed by atoms with Crippen LogP contribution in [0.4, 0.5) is 0 Å². The van der Waals surface area contributed by atoms with Crippen molar-refractivity contribution in [2.24, 2.45) is 0 Å². The molecule has 2 N–H and O–H groups in total. The minimum absolute atomic E-state index is 0. The van der Waals surface area contributed by atoms with Gasteiger partial charge in [-0.3, -0.25) is 0 Å². The molecule has 90 valence electrons. The Morgan fingerprint density at radius 3 is 2.47 bits per heavy atom. The number of hydrogen-bond acceptors (Lipinski definition) is 3. The lowest BCUT2D eigenvalue weighted by molar-refractivity contribution is 0.455. The third-order valence-electron chi connectivity index (χ3n) is 2.78. The zero-order valence-corrected chi connectivity index (χ0v) is 10.2. The molecule has 0 radical (unpaired) electrons. The number of halogens is 1. The molecule has 0 aliphatic carbocycles. The van der Waals surface area contributed by atoms with Crippen molar-refractivity contribution in [1.82, 2.24) is 14.3 Å². The highest BCUT2D eigenvalue weighted by Gasteiger charge is 2.28. The van der Waals surface area contributed by atoms with Crippen molar-refractivity contribution >= 4 is 22.6 Å². The molecule has 0 saturated carbocycles. The maximum absolute atomic E-state index is 11.8. The molecule has 0 amide bonds. The molecule has 0 spiro atoms. The highest BCUT2D eigenvalue weighted by molar-refractivity contribution is 7.87. The van der Waals surface area contributed by atoms with E-state index in [1.165, 1.54) is 0 Å². The molecule has 0 aromatic carbocycles. The van der Waals surface area contributed by atoms with E-state index in [4.69, 9.17) is 0 Å². The third kappa shape index (κ3) is 3.29. The van der Waals surface area contributed by atoms with Crippen LogP contribution in [0.25, 0.3) is 0 Å². The minimum atomic E-state index is -3.20. The monoisotopic (exact) mass is 255 g/mol. The minimum Gasteiger partial charge on any atom is -0.315 e. The summed E-state index contributed by atoms with van der Waals surface area (Å²) in [7, 11) is -3.20. The highest BCUT2D eigenvalue weighted by Crippen LogP contribution is 2.12. The van der Waals surface area contributed by atoms with Gasteiger partial charge in [-0.1, -0.05) is 0 Å². The molecule has 15 heavy (non-hydrogen) atoms. The lowest BCUT2D eigenvalue weighted by atomic mass is 10.3. The van der Waals surface area contributed by atoms with Gasteiger partial charge in [0.2, 0.25) is 0 Å². The number of nitrogens with zero attached hydrogens (tertiary/aromatic N) is 1. The summed E-state index contributed by atoms with van der Waals surface area (Å²) in [6.07, 6.45) is 2.88. The normalized spacial score (nSPS) is 27.9. The Bertz CT molecular complexity index is 284. The summed E-state index contributed by atoms with van der Waals surface area (Å²) >= 11 is 0. The summed E-state index contributed by atoms with van der Waals surface area (Å²) in [6, 6.07) is 0.0839. The van der Waals surface area contributed by atoms with Gasteiger partial charge in [-0.05, 0) is 25.8 Å². The molecular formula is C8H18ClN3O2S. The first-order chi connectivity index (χ1) is 6.68. The van der Waals surface area contributed by atoms with Crippen molar-refractivity contribution < 1.29 is 8.42 Å². The quantitative estimate of drug-likeness (QED) is 0.728. The summed E-state index contributed by atoms with van der Waals surface area (Å²) < 4.78 is 27.8. The van der Waals surface area contributed by atoms with Gasteiger partial charge < -0.3 is 5.32 Å². The van der Waals surface area contributed by atoms with Crippen molar-refractivity contribution in [2.75, 3.05) is 26.2 Å². The summed E-state index contributed by atoms with van der Waals surface area (Å²) in [6.45, 7) is 3.02. The van der Waals surface area contributed by atoms with Crippen LogP contribution in [0.5, 0.6) is 0 Å². The predicted molar refractivity (Wildman–Crippen MR) is 61.4 cm³/mol. The van der Waals surface area contributed by atoms with Gasteiger partial charge in [0.1, 0.15) is 0 Å². The molecule has 0 aromatic heterocycles.